The van der Waals surface area contributed by atoms with Gasteiger partial charge in [-0.15, -0.1) is 5.10 Å². The van der Waals surface area contributed by atoms with Gasteiger partial charge in [0.15, 0.2) is 0 Å². The standard InChI is InChI=1S/C19H21N7O2/c1-13-10-25(11-14(2)28-13)18-7-6-16(9-20-18)22-19(27)15-4-3-5-17(8-15)26-12-21-23-24-26/h3-9,12-14H,10-11H2,1-2H3,(H,22,27). The highest BCUT2D eigenvalue weighted by Crippen LogP contribution is 2.20. The normalized spacial score (nSPS) is 19.4. The minimum absolute atomic E-state index is 0.164. The predicted molar refractivity (Wildman–Crippen MR) is 104 cm³/mol. The van der Waals surface area contributed by atoms with Crippen molar-refractivity contribution in [3.05, 3.63) is 54.5 Å². The molecule has 1 N–H and O–H groups in total. The zero-order valence-corrected chi connectivity index (χ0v) is 15.7. The maximum atomic E-state index is 12.6. The molecule has 0 saturated carbocycles. The molecule has 9 heteroatoms. The molecule has 0 bridgehead atoms. The van der Waals surface area contributed by atoms with Crippen LogP contribution in [0.4, 0.5) is 11.5 Å². The van der Waals surface area contributed by atoms with Crippen molar-refractivity contribution in [1.82, 2.24) is 25.2 Å². The van der Waals surface area contributed by atoms with E-state index in [1.54, 1.807) is 24.4 Å². The van der Waals surface area contributed by atoms with E-state index in [0.29, 0.717) is 16.9 Å². The lowest BCUT2D eigenvalue weighted by atomic mass is 10.2. The van der Waals surface area contributed by atoms with Crippen molar-refractivity contribution in [2.75, 3.05) is 23.3 Å². The predicted octanol–water partition coefficient (Wildman–Crippen LogP) is 1.92. The summed E-state index contributed by atoms with van der Waals surface area (Å²) in [5.74, 6) is 0.652. The lowest BCUT2D eigenvalue weighted by Crippen LogP contribution is -2.45. The van der Waals surface area contributed by atoms with E-state index in [2.05, 4.69) is 44.6 Å². The molecular weight excluding hydrogens is 358 g/mol. The largest absolute Gasteiger partial charge is 0.372 e. The second-order valence-electron chi connectivity index (χ2n) is 6.83. The van der Waals surface area contributed by atoms with Crippen LogP contribution in [0.25, 0.3) is 5.69 Å². The molecule has 3 aromatic rings. The first kappa shape index (κ1) is 18.1. The number of hydrogen-bond donors (Lipinski definition) is 1. The molecule has 0 spiro atoms. The number of hydrogen-bond acceptors (Lipinski definition) is 7. The van der Waals surface area contributed by atoms with Gasteiger partial charge in [-0.25, -0.2) is 9.67 Å². The van der Waals surface area contributed by atoms with Gasteiger partial charge in [0.1, 0.15) is 12.1 Å². The maximum Gasteiger partial charge on any atom is 0.255 e. The van der Waals surface area contributed by atoms with Crippen LogP contribution in [0.5, 0.6) is 0 Å². The van der Waals surface area contributed by atoms with E-state index in [4.69, 9.17) is 4.74 Å². The van der Waals surface area contributed by atoms with Crippen molar-refractivity contribution in [2.24, 2.45) is 0 Å². The minimum Gasteiger partial charge on any atom is -0.372 e. The second-order valence-corrected chi connectivity index (χ2v) is 6.83. The Morgan fingerprint density at radius 3 is 2.68 bits per heavy atom. The third-order valence-electron chi connectivity index (χ3n) is 4.47. The van der Waals surface area contributed by atoms with Crippen molar-refractivity contribution in [3.8, 4) is 5.69 Å². The molecular formula is C19H21N7O2. The van der Waals surface area contributed by atoms with Gasteiger partial charge in [0.25, 0.3) is 5.91 Å². The zero-order valence-electron chi connectivity index (χ0n) is 15.7. The van der Waals surface area contributed by atoms with Crippen LogP contribution in [0.1, 0.15) is 24.2 Å². The maximum absolute atomic E-state index is 12.6. The van der Waals surface area contributed by atoms with Crippen LogP contribution in [0.2, 0.25) is 0 Å². The average molecular weight is 379 g/mol. The van der Waals surface area contributed by atoms with Crippen molar-refractivity contribution >= 4 is 17.4 Å². The molecule has 1 fully saturated rings. The van der Waals surface area contributed by atoms with Gasteiger partial charge in [0.05, 0.1) is 29.8 Å². The molecule has 28 heavy (non-hydrogen) atoms. The van der Waals surface area contributed by atoms with E-state index in [0.717, 1.165) is 18.9 Å². The number of nitrogens with one attached hydrogen (secondary N) is 1. The van der Waals surface area contributed by atoms with E-state index in [1.807, 2.05) is 18.2 Å². The molecule has 0 radical (unpaired) electrons. The number of aromatic nitrogens is 5. The van der Waals surface area contributed by atoms with Crippen LogP contribution < -0.4 is 10.2 Å². The van der Waals surface area contributed by atoms with Crippen molar-refractivity contribution < 1.29 is 9.53 Å². The lowest BCUT2D eigenvalue weighted by molar-refractivity contribution is -0.00545. The molecule has 4 rings (SSSR count). The number of pyridine rings is 1. The van der Waals surface area contributed by atoms with Gasteiger partial charge in [-0.3, -0.25) is 4.79 Å². The highest BCUT2D eigenvalue weighted by Gasteiger charge is 2.23. The van der Waals surface area contributed by atoms with Crippen LogP contribution in [0.15, 0.2) is 48.9 Å². The quantitative estimate of drug-likeness (QED) is 0.739. The Hall–Kier alpha value is -3.33. The summed E-state index contributed by atoms with van der Waals surface area (Å²) in [5, 5.41) is 13.9. The van der Waals surface area contributed by atoms with Crippen LogP contribution in [0, 0.1) is 0 Å². The Morgan fingerprint density at radius 2 is 2.00 bits per heavy atom. The fraction of sp³-hybridized carbons (Fsp3) is 0.316. The first-order valence-electron chi connectivity index (χ1n) is 9.10. The average Bonchev–Trinajstić information content (AvgIpc) is 3.23. The topological polar surface area (TPSA) is 98.1 Å². The van der Waals surface area contributed by atoms with Crippen molar-refractivity contribution in [3.63, 3.8) is 0 Å². The summed E-state index contributed by atoms with van der Waals surface area (Å²) in [6.45, 7) is 5.71. The molecule has 0 aliphatic carbocycles. The number of carbonyl (C=O) groups is 1. The van der Waals surface area contributed by atoms with E-state index < -0.39 is 0 Å². The van der Waals surface area contributed by atoms with Gasteiger partial charge >= 0.3 is 0 Å². The number of amides is 1. The Balaban J connectivity index is 1.44. The summed E-state index contributed by atoms with van der Waals surface area (Å²) in [7, 11) is 0. The number of tetrazole rings is 1. The molecule has 1 aromatic carbocycles. The second kappa shape index (κ2) is 7.73. The van der Waals surface area contributed by atoms with Crippen LogP contribution in [-0.2, 0) is 4.74 Å². The van der Waals surface area contributed by atoms with Gasteiger partial charge < -0.3 is 15.0 Å². The number of ether oxygens (including phenoxy) is 1. The molecule has 1 aliphatic heterocycles. The molecule has 9 nitrogen and oxygen atoms in total. The van der Waals surface area contributed by atoms with Crippen molar-refractivity contribution in [1.29, 1.82) is 0 Å². The van der Waals surface area contributed by atoms with Gasteiger partial charge in [-0.2, -0.15) is 0 Å². The Kier molecular flexibility index (Phi) is 4.98. The lowest BCUT2D eigenvalue weighted by Gasteiger charge is -2.36. The highest BCUT2D eigenvalue weighted by atomic mass is 16.5. The van der Waals surface area contributed by atoms with E-state index in [9.17, 15) is 4.79 Å². The minimum atomic E-state index is -0.224. The number of carbonyl (C=O) groups excluding carboxylic acids is 1. The van der Waals surface area contributed by atoms with Gasteiger partial charge in [-0.05, 0) is 54.6 Å². The third-order valence-corrected chi connectivity index (χ3v) is 4.47. The monoisotopic (exact) mass is 379 g/mol. The molecule has 3 heterocycles. The smallest absolute Gasteiger partial charge is 0.255 e. The van der Waals surface area contributed by atoms with Gasteiger partial charge in [0.2, 0.25) is 0 Å². The van der Waals surface area contributed by atoms with Crippen molar-refractivity contribution in [2.45, 2.75) is 26.1 Å². The molecule has 144 valence electrons. The number of nitrogens with zero attached hydrogens (tertiary/aromatic N) is 6. The summed E-state index contributed by atoms with van der Waals surface area (Å²) in [6, 6.07) is 10.8. The first-order chi connectivity index (χ1) is 13.6. The summed E-state index contributed by atoms with van der Waals surface area (Å²) < 4.78 is 7.26. The number of anilines is 2. The summed E-state index contributed by atoms with van der Waals surface area (Å²) in [5.41, 5.74) is 1.85. The molecule has 2 atom stereocenters. The van der Waals surface area contributed by atoms with Crippen LogP contribution >= 0.6 is 0 Å². The fourth-order valence-electron chi connectivity index (χ4n) is 3.28. The van der Waals surface area contributed by atoms with Crippen LogP contribution in [0.3, 0.4) is 0 Å². The summed E-state index contributed by atoms with van der Waals surface area (Å²) in [4.78, 5) is 19.3. The zero-order chi connectivity index (χ0) is 19.5. The molecule has 2 unspecified atom stereocenters. The number of morpholine rings is 1. The molecule has 1 amide bonds. The Bertz CT molecular complexity index is 933. The van der Waals surface area contributed by atoms with E-state index in [1.165, 1.54) is 11.0 Å². The summed E-state index contributed by atoms with van der Waals surface area (Å²) in [6.07, 6.45) is 3.48. The molecule has 1 aliphatic rings. The van der Waals surface area contributed by atoms with E-state index >= 15 is 0 Å². The fourth-order valence-corrected chi connectivity index (χ4v) is 3.28. The van der Waals surface area contributed by atoms with Crippen LogP contribution in [-0.4, -0.2) is 56.4 Å². The SMILES string of the molecule is CC1CN(c2ccc(NC(=O)c3cccc(-n4cnnn4)c3)cn2)CC(C)O1. The summed E-state index contributed by atoms with van der Waals surface area (Å²) >= 11 is 0. The highest BCUT2D eigenvalue weighted by molar-refractivity contribution is 6.04. The Morgan fingerprint density at radius 1 is 1.18 bits per heavy atom. The number of rotatable bonds is 4. The van der Waals surface area contributed by atoms with E-state index in [-0.39, 0.29) is 18.1 Å². The van der Waals surface area contributed by atoms with Gasteiger partial charge in [-0.1, -0.05) is 6.07 Å². The Labute approximate surface area is 162 Å². The van der Waals surface area contributed by atoms with Gasteiger partial charge in [0, 0.05) is 18.7 Å². The number of benzene rings is 1. The first-order valence-corrected chi connectivity index (χ1v) is 9.10. The third kappa shape index (κ3) is 3.99. The molecule has 1 saturated heterocycles. The molecule has 2 aromatic heterocycles.